The second-order valence-electron chi connectivity index (χ2n) is 5.03. The number of nitrogens with zero attached hydrogens (tertiary/aromatic N) is 3. The predicted octanol–water partition coefficient (Wildman–Crippen LogP) is 1.50. The zero-order valence-corrected chi connectivity index (χ0v) is 11.9. The van der Waals surface area contributed by atoms with Gasteiger partial charge in [0.05, 0.1) is 6.61 Å². The van der Waals surface area contributed by atoms with Crippen molar-refractivity contribution >= 4 is 17.7 Å². The number of carbonyl (C=O) groups is 2. The number of ether oxygens (including phenoxy) is 1. The normalized spacial score (nSPS) is 18.5. The van der Waals surface area contributed by atoms with Crippen molar-refractivity contribution in [3.05, 3.63) is 18.1 Å². The molecule has 1 amide bonds. The number of carboxylic acids is 1. The average molecular weight is 333 g/mol. The SMILES string of the molecule is O=C(O)c1nccnc1N(CC1CCCOC1)C(=O)C(F)(F)F. The zero-order chi connectivity index (χ0) is 17.0. The number of aromatic nitrogens is 2. The van der Waals surface area contributed by atoms with Crippen molar-refractivity contribution < 1.29 is 32.6 Å². The van der Waals surface area contributed by atoms with Gasteiger partial charge in [0.25, 0.3) is 0 Å². The molecule has 1 aliphatic heterocycles. The molecule has 2 rings (SSSR count). The largest absolute Gasteiger partial charge is 0.476 e. The first-order chi connectivity index (χ1) is 10.8. The van der Waals surface area contributed by atoms with Crippen LogP contribution in [0.3, 0.4) is 0 Å². The van der Waals surface area contributed by atoms with E-state index in [4.69, 9.17) is 9.84 Å². The maximum atomic E-state index is 12.9. The van der Waals surface area contributed by atoms with Crippen molar-refractivity contribution in [2.24, 2.45) is 5.92 Å². The first-order valence-corrected chi connectivity index (χ1v) is 6.81. The molecule has 1 atom stereocenters. The second-order valence-corrected chi connectivity index (χ2v) is 5.03. The van der Waals surface area contributed by atoms with E-state index >= 15 is 0 Å². The van der Waals surface area contributed by atoms with E-state index in [0.717, 1.165) is 12.4 Å². The minimum Gasteiger partial charge on any atom is -0.476 e. The van der Waals surface area contributed by atoms with Gasteiger partial charge in [0, 0.05) is 31.5 Å². The molecule has 1 fully saturated rings. The predicted molar refractivity (Wildman–Crippen MR) is 70.9 cm³/mol. The smallest absolute Gasteiger partial charge is 0.471 e. The molecule has 1 unspecified atom stereocenters. The van der Waals surface area contributed by atoms with Gasteiger partial charge in [-0.2, -0.15) is 13.2 Å². The van der Waals surface area contributed by atoms with E-state index in [-0.39, 0.29) is 19.1 Å². The lowest BCUT2D eigenvalue weighted by Gasteiger charge is -2.29. The average Bonchev–Trinajstić information content (AvgIpc) is 2.52. The van der Waals surface area contributed by atoms with Crippen LogP contribution in [0, 0.1) is 5.92 Å². The lowest BCUT2D eigenvalue weighted by atomic mass is 10.0. The van der Waals surface area contributed by atoms with Gasteiger partial charge in [-0.05, 0) is 12.8 Å². The summed E-state index contributed by atoms with van der Waals surface area (Å²) in [6.45, 7) is 0.372. The molecule has 0 saturated carbocycles. The maximum Gasteiger partial charge on any atom is 0.471 e. The molecule has 1 aromatic rings. The fraction of sp³-hybridized carbons (Fsp3) is 0.538. The van der Waals surface area contributed by atoms with Crippen molar-refractivity contribution in [1.82, 2.24) is 9.97 Å². The van der Waals surface area contributed by atoms with E-state index in [1.807, 2.05) is 0 Å². The highest BCUT2D eigenvalue weighted by atomic mass is 19.4. The zero-order valence-electron chi connectivity index (χ0n) is 11.9. The van der Waals surface area contributed by atoms with Gasteiger partial charge >= 0.3 is 18.1 Å². The molecular formula is C13H14F3N3O4. The van der Waals surface area contributed by atoms with Crippen LogP contribution in [-0.4, -0.2) is 52.9 Å². The Bertz CT molecular complexity index is 588. The Labute approximate surface area is 129 Å². The number of amides is 1. The molecule has 1 saturated heterocycles. The quantitative estimate of drug-likeness (QED) is 0.897. The Balaban J connectivity index is 2.37. The third kappa shape index (κ3) is 4.15. The van der Waals surface area contributed by atoms with Crippen LogP contribution in [0.4, 0.5) is 19.0 Å². The number of hydrogen-bond donors (Lipinski definition) is 1. The van der Waals surface area contributed by atoms with Crippen LogP contribution in [0.2, 0.25) is 0 Å². The molecule has 1 N–H and O–H groups in total. The Morgan fingerprint density at radius 2 is 2.04 bits per heavy atom. The number of carbonyl (C=O) groups excluding carboxylic acids is 1. The van der Waals surface area contributed by atoms with Crippen LogP contribution in [-0.2, 0) is 9.53 Å². The summed E-state index contributed by atoms with van der Waals surface area (Å²) < 4.78 is 43.8. The van der Waals surface area contributed by atoms with E-state index < -0.39 is 29.6 Å². The van der Waals surface area contributed by atoms with Crippen LogP contribution >= 0.6 is 0 Å². The third-order valence-corrected chi connectivity index (χ3v) is 3.32. The lowest BCUT2D eigenvalue weighted by Crippen LogP contribution is -2.46. The van der Waals surface area contributed by atoms with E-state index in [0.29, 0.717) is 24.3 Å². The van der Waals surface area contributed by atoms with Crippen LogP contribution in [0.5, 0.6) is 0 Å². The fourth-order valence-corrected chi connectivity index (χ4v) is 2.31. The molecule has 0 aromatic carbocycles. The molecular weight excluding hydrogens is 319 g/mol. The molecule has 0 bridgehead atoms. The Morgan fingerprint density at radius 3 is 2.61 bits per heavy atom. The number of hydrogen-bond acceptors (Lipinski definition) is 5. The molecule has 7 nitrogen and oxygen atoms in total. The summed E-state index contributed by atoms with van der Waals surface area (Å²) in [6.07, 6.45) is -1.85. The topological polar surface area (TPSA) is 92.6 Å². The summed E-state index contributed by atoms with van der Waals surface area (Å²) in [5.41, 5.74) is -0.707. The van der Waals surface area contributed by atoms with Crippen LogP contribution < -0.4 is 4.90 Å². The molecule has 126 valence electrons. The van der Waals surface area contributed by atoms with Gasteiger partial charge in [0.15, 0.2) is 11.5 Å². The summed E-state index contributed by atoms with van der Waals surface area (Å²) in [7, 11) is 0. The lowest BCUT2D eigenvalue weighted by molar-refractivity contribution is -0.170. The van der Waals surface area contributed by atoms with Crippen LogP contribution in [0.1, 0.15) is 23.3 Å². The minimum absolute atomic E-state index is 0.199. The van der Waals surface area contributed by atoms with Crippen molar-refractivity contribution in [2.75, 3.05) is 24.7 Å². The number of halogens is 3. The van der Waals surface area contributed by atoms with Gasteiger partial charge in [0.1, 0.15) is 0 Å². The summed E-state index contributed by atoms with van der Waals surface area (Å²) >= 11 is 0. The molecule has 1 aliphatic rings. The highest BCUT2D eigenvalue weighted by Crippen LogP contribution is 2.26. The summed E-state index contributed by atoms with van der Waals surface area (Å²) in [5, 5.41) is 9.06. The van der Waals surface area contributed by atoms with Gasteiger partial charge in [-0.3, -0.25) is 9.69 Å². The standard InChI is InChI=1S/C13H14F3N3O4/c14-13(15,16)12(22)19(6-8-2-1-5-23-7-8)10-9(11(20)21)17-3-4-18-10/h3-4,8H,1-2,5-7H2,(H,20,21). The maximum absolute atomic E-state index is 12.9. The van der Waals surface area contributed by atoms with Gasteiger partial charge in [-0.25, -0.2) is 14.8 Å². The van der Waals surface area contributed by atoms with Gasteiger partial charge < -0.3 is 9.84 Å². The second kappa shape index (κ2) is 6.90. The first kappa shape index (κ1) is 17.1. The van der Waals surface area contributed by atoms with Gasteiger partial charge in [0.2, 0.25) is 0 Å². The number of carboxylic acid groups (broad SMARTS) is 1. The Hall–Kier alpha value is -2.23. The Morgan fingerprint density at radius 1 is 1.35 bits per heavy atom. The molecule has 2 heterocycles. The van der Waals surface area contributed by atoms with Crippen molar-refractivity contribution in [1.29, 1.82) is 0 Å². The first-order valence-electron chi connectivity index (χ1n) is 6.81. The number of rotatable bonds is 4. The number of aromatic carboxylic acids is 1. The highest BCUT2D eigenvalue weighted by molar-refractivity contribution is 6.01. The third-order valence-electron chi connectivity index (χ3n) is 3.32. The minimum atomic E-state index is -5.15. The molecule has 0 aliphatic carbocycles. The monoisotopic (exact) mass is 333 g/mol. The van der Waals surface area contributed by atoms with Crippen molar-refractivity contribution in [3.63, 3.8) is 0 Å². The molecule has 0 spiro atoms. The van der Waals surface area contributed by atoms with Gasteiger partial charge in [-0.1, -0.05) is 0 Å². The molecule has 10 heteroatoms. The molecule has 1 aromatic heterocycles. The summed E-state index contributed by atoms with van der Waals surface area (Å²) in [4.78, 5) is 30.3. The molecule has 0 radical (unpaired) electrons. The number of anilines is 1. The summed E-state index contributed by atoms with van der Waals surface area (Å²) in [6, 6.07) is 0. The highest BCUT2D eigenvalue weighted by Gasteiger charge is 2.45. The summed E-state index contributed by atoms with van der Waals surface area (Å²) in [5.74, 6) is -4.69. The van der Waals surface area contributed by atoms with Gasteiger partial charge in [-0.15, -0.1) is 0 Å². The van der Waals surface area contributed by atoms with E-state index in [2.05, 4.69) is 9.97 Å². The van der Waals surface area contributed by atoms with Crippen LogP contribution in [0.25, 0.3) is 0 Å². The van der Waals surface area contributed by atoms with E-state index in [1.54, 1.807) is 0 Å². The molecule has 23 heavy (non-hydrogen) atoms. The van der Waals surface area contributed by atoms with Crippen molar-refractivity contribution in [2.45, 2.75) is 19.0 Å². The van der Waals surface area contributed by atoms with Crippen molar-refractivity contribution in [3.8, 4) is 0 Å². The Kier molecular flexibility index (Phi) is 5.14. The van der Waals surface area contributed by atoms with E-state index in [9.17, 15) is 22.8 Å². The van der Waals surface area contributed by atoms with E-state index in [1.165, 1.54) is 0 Å². The van der Waals surface area contributed by atoms with Crippen LogP contribution in [0.15, 0.2) is 12.4 Å². The fourth-order valence-electron chi connectivity index (χ4n) is 2.31. The number of alkyl halides is 3.